The average molecular weight is 357 g/mol. The summed E-state index contributed by atoms with van der Waals surface area (Å²) in [5, 5.41) is 9.91. The van der Waals surface area contributed by atoms with Crippen molar-refractivity contribution in [3.8, 4) is 11.4 Å². The van der Waals surface area contributed by atoms with Gasteiger partial charge in [-0.05, 0) is 45.8 Å². The van der Waals surface area contributed by atoms with E-state index in [9.17, 15) is 0 Å². The number of piperidine rings is 1. The largest absolute Gasteiger partial charge is 0.303 e. The molecule has 2 aromatic rings. The molecule has 1 aromatic carbocycles. The summed E-state index contributed by atoms with van der Waals surface area (Å²) in [5.41, 5.74) is 2.36. The molecule has 1 saturated heterocycles. The highest BCUT2D eigenvalue weighted by Gasteiger charge is 2.19. The molecule has 0 radical (unpaired) electrons. The maximum atomic E-state index is 4.46. The summed E-state index contributed by atoms with van der Waals surface area (Å²) in [6.45, 7) is 7.98. The Bertz CT molecular complexity index is 709. The Morgan fingerprint density at radius 1 is 1.32 bits per heavy atom. The van der Waals surface area contributed by atoms with Gasteiger partial charge >= 0.3 is 0 Å². The third-order valence-electron chi connectivity index (χ3n) is 4.91. The number of nitrogens with zero attached hydrogens (tertiary/aromatic N) is 4. The van der Waals surface area contributed by atoms with Gasteiger partial charge in [-0.25, -0.2) is 0 Å². The number of hydrogen-bond donors (Lipinski definition) is 0. The molecular formula is C20H28N4S. The van der Waals surface area contributed by atoms with Gasteiger partial charge in [-0.1, -0.05) is 48.0 Å². The fraction of sp³-hybridized carbons (Fsp3) is 0.500. The van der Waals surface area contributed by atoms with E-state index in [1.54, 1.807) is 0 Å². The lowest BCUT2D eigenvalue weighted by Crippen LogP contribution is -2.36. The SMILES string of the molecule is C=CCn1c(SCCC2CCCCN2C)nnc1-c1cccc(C)c1. The molecule has 25 heavy (non-hydrogen) atoms. The molecule has 0 spiro atoms. The number of aryl methyl sites for hydroxylation is 1. The first-order valence-corrected chi connectivity index (χ1v) is 10.1. The average Bonchev–Trinajstić information content (AvgIpc) is 3.00. The summed E-state index contributed by atoms with van der Waals surface area (Å²) < 4.78 is 2.18. The van der Waals surface area contributed by atoms with Crippen molar-refractivity contribution in [3.05, 3.63) is 42.5 Å². The van der Waals surface area contributed by atoms with Crippen molar-refractivity contribution in [2.45, 2.75) is 50.4 Å². The monoisotopic (exact) mass is 356 g/mol. The summed E-state index contributed by atoms with van der Waals surface area (Å²) in [6.07, 6.45) is 7.16. The van der Waals surface area contributed by atoms with Crippen LogP contribution in [0.25, 0.3) is 11.4 Å². The predicted molar refractivity (Wildman–Crippen MR) is 106 cm³/mol. The van der Waals surface area contributed by atoms with Crippen LogP contribution in [0, 0.1) is 6.92 Å². The summed E-state index contributed by atoms with van der Waals surface area (Å²) >= 11 is 1.82. The summed E-state index contributed by atoms with van der Waals surface area (Å²) in [6, 6.07) is 9.15. The molecule has 4 nitrogen and oxygen atoms in total. The van der Waals surface area contributed by atoms with E-state index in [-0.39, 0.29) is 0 Å². The van der Waals surface area contributed by atoms with E-state index >= 15 is 0 Å². The Hall–Kier alpha value is -1.59. The molecule has 1 aliphatic rings. The molecule has 0 amide bonds. The lowest BCUT2D eigenvalue weighted by atomic mass is 10.0. The first-order chi connectivity index (χ1) is 12.2. The van der Waals surface area contributed by atoms with Crippen LogP contribution >= 0.6 is 11.8 Å². The Kier molecular flexibility index (Phi) is 6.32. The first-order valence-electron chi connectivity index (χ1n) is 9.13. The number of thioether (sulfide) groups is 1. The summed E-state index contributed by atoms with van der Waals surface area (Å²) in [7, 11) is 2.25. The quantitative estimate of drug-likeness (QED) is 0.544. The van der Waals surface area contributed by atoms with Crippen LogP contribution in [0.1, 0.15) is 31.2 Å². The van der Waals surface area contributed by atoms with Gasteiger partial charge in [0.25, 0.3) is 0 Å². The molecule has 1 unspecified atom stereocenters. The zero-order valence-corrected chi connectivity index (χ0v) is 16.1. The van der Waals surface area contributed by atoms with E-state index in [0.29, 0.717) is 6.04 Å². The minimum atomic E-state index is 0.716. The van der Waals surface area contributed by atoms with E-state index in [1.807, 2.05) is 17.8 Å². The topological polar surface area (TPSA) is 34.0 Å². The summed E-state index contributed by atoms with van der Waals surface area (Å²) in [5.74, 6) is 2.01. The molecule has 1 aromatic heterocycles. The molecule has 1 atom stereocenters. The highest BCUT2D eigenvalue weighted by Crippen LogP contribution is 2.27. The second-order valence-corrected chi connectivity index (χ2v) is 7.90. The maximum Gasteiger partial charge on any atom is 0.191 e. The third kappa shape index (κ3) is 4.53. The van der Waals surface area contributed by atoms with Crippen LogP contribution in [-0.2, 0) is 6.54 Å². The van der Waals surface area contributed by atoms with Gasteiger partial charge in [0, 0.05) is 23.9 Å². The van der Waals surface area contributed by atoms with E-state index in [1.165, 1.54) is 37.8 Å². The summed E-state index contributed by atoms with van der Waals surface area (Å²) in [4.78, 5) is 2.51. The molecule has 5 heteroatoms. The minimum absolute atomic E-state index is 0.716. The molecule has 0 bridgehead atoms. The molecule has 3 rings (SSSR count). The highest BCUT2D eigenvalue weighted by atomic mass is 32.2. The molecule has 0 aliphatic carbocycles. The smallest absolute Gasteiger partial charge is 0.191 e. The Balaban J connectivity index is 1.70. The van der Waals surface area contributed by atoms with Crippen molar-refractivity contribution in [2.24, 2.45) is 0 Å². The maximum absolute atomic E-state index is 4.46. The van der Waals surface area contributed by atoms with Crippen molar-refractivity contribution >= 4 is 11.8 Å². The molecule has 134 valence electrons. The zero-order valence-electron chi connectivity index (χ0n) is 15.3. The number of benzene rings is 1. The van der Waals surface area contributed by atoms with Crippen LogP contribution in [-0.4, -0.2) is 45.1 Å². The Morgan fingerprint density at radius 3 is 2.96 bits per heavy atom. The molecule has 0 saturated carbocycles. The second-order valence-electron chi connectivity index (χ2n) is 6.84. The molecular weight excluding hydrogens is 328 g/mol. The number of aromatic nitrogens is 3. The molecule has 1 fully saturated rings. The van der Waals surface area contributed by atoms with Crippen molar-refractivity contribution in [3.63, 3.8) is 0 Å². The van der Waals surface area contributed by atoms with Crippen LogP contribution < -0.4 is 0 Å². The second kappa shape index (κ2) is 8.68. The molecule has 1 aliphatic heterocycles. The number of rotatable bonds is 7. The van der Waals surface area contributed by atoms with Gasteiger partial charge in [0.05, 0.1) is 0 Å². The first kappa shape index (κ1) is 18.2. The highest BCUT2D eigenvalue weighted by molar-refractivity contribution is 7.99. The van der Waals surface area contributed by atoms with Gasteiger partial charge in [-0.2, -0.15) is 0 Å². The van der Waals surface area contributed by atoms with E-state index in [0.717, 1.165) is 28.8 Å². The molecule has 0 N–H and O–H groups in total. The number of hydrogen-bond acceptors (Lipinski definition) is 4. The van der Waals surface area contributed by atoms with E-state index in [2.05, 4.69) is 64.5 Å². The van der Waals surface area contributed by atoms with Gasteiger partial charge in [0.1, 0.15) is 0 Å². The van der Waals surface area contributed by atoms with Gasteiger partial charge < -0.3 is 4.90 Å². The van der Waals surface area contributed by atoms with Crippen LogP contribution in [0.5, 0.6) is 0 Å². The normalized spacial score (nSPS) is 18.4. The minimum Gasteiger partial charge on any atom is -0.303 e. The number of allylic oxidation sites excluding steroid dienone is 1. The van der Waals surface area contributed by atoms with Gasteiger partial charge in [0.2, 0.25) is 0 Å². The van der Waals surface area contributed by atoms with Crippen molar-refractivity contribution in [2.75, 3.05) is 19.3 Å². The van der Waals surface area contributed by atoms with Gasteiger partial charge in [-0.15, -0.1) is 16.8 Å². The van der Waals surface area contributed by atoms with Crippen LogP contribution in [0.4, 0.5) is 0 Å². The van der Waals surface area contributed by atoms with Crippen LogP contribution in [0.2, 0.25) is 0 Å². The molecule has 2 heterocycles. The fourth-order valence-corrected chi connectivity index (χ4v) is 4.47. The van der Waals surface area contributed by atoms with Gasteiger partial charge in [-0.3, -0.25) is 4.57 Å². The van der Waals surface area contributed by atoms with Crippen molar-refractivity contribution < 1.29 is 0 Å². The predicted octanol–water partition coefficient (Wildman–Crippen LogP) is 4.41. The van der Waals surface area contributed by atoms with Crippen molar-refractivity contribution in [1.82, 2.24) is 19.7 Å². The number of likely N-dealkylation sites (tertiary alicyclic amines) is 1. The van der Waals surface area contributed by atoms with Crippen LogP contribution in [0.15, 0.2) is 42.1 Å². The van der Waals surface area contributed by atoms with Gasteiger partial charge in [0.15, 0.2) is 11.0 Å². The lowest BCUT2D eigenvalue weighted by Gasteiger charge is -2.32. The van der Waals surface area contributed by atoms with Crippen LogP contribution in [0.3, 0.4) is 0 Å². The van der Waals surface area contributed by atoms with Crippen molar-refractivity contribution in [1.29, 1.82) is 0 Å². The van der Waals surface area contributed by atoms with E-state index in [4.69, 9.17) is 0 Å². The Morgan fingerprint density at radius 2 is 2.20 bits per heavy atom. The fourth-order valence-electron chi connectivity index (χ4n) is 3.48. The Labute approximate surface area is 155 Å². The zero-order chi connectivity index (χ0) is 17.6. The third-order valence-corrected chi connectivity index (χ3v) is 5.91. The lowest BCUT2D eigenvalue weighted by molar-refractivity contribution is 0.182. The standard InChI is InChI=1S/C20H28N4S/c1-4-12-24-19(17-9-7-8-16(2)15-17)21-22-20(24)25-14-11-18-10-5-6-13-23(18)3/h4,7-9,15,18H,1,5-6,10-14H2,2-3H3. The van der Waals surface area contributed by atoms with E-state index < -0.39 is 0 Å².